The summed E-state index contributed by atoms with van der Waals surface area (Å²) in [4.78, 5) is 37.2. The van der Waals surface area contributed by atoms with Gasteiger partial charge < -0.3 is 33.3 Å². The maximum atomic E-state index is 12.9. The molecule has 75 heavy (non-hydrogen) atoms. The van der Waals surface area contributed by atoms with Gasteiger partial charge in [0.15, 0.2) is 12.4 Å². The molecule has 432 valence electrons. The molecule has 2 atom stereocenters. The van der Waals surface area contributed by atoms with Crippen LogP contribution in [0.2, 0.25) is 0 Å². The number of ether oxygens (including phenoxy) is 4. The maximum absolute atomic E-state index is 12.9. The average molecular weight is 1050 g/mol. The zero-order chi connectivity index (χ0) is 54.8. The molecule has 0 aliphatic carbocycles. The molecule has 0 heterocycles. The first-order chi connectivity index (χ1) is 36.6. The number of carboxylic acid groups (broad SMARTS) is 1. The zero-order valence-electron chi connectivity index (χ0n) is 49.1. The zero-order valence-corrected chi connectivity index (χ0v) is 49.1. The number of quaternary nitrogens is 1. The van der Waals surface area contributed by atoms with E-state index < -0.39 is 24.3 Å². The third-order valence-corrected chi connectivity index (χ3v) is 13.1. The number of hydrogen-bond acceptors (Lipinski definition) is 8. The van der Waals surface area contributed by atoms with E-state index in [9.17, 15) is 19.5 Å². The summed E-state index contributed by atoms with van der Waals surface area (Å²) in [6.07, 6.45) is 72.3. The Morgan fingerprint density at radius 3 is 1.13 bits per heavy atom. The minimum Gasteiger partial charge on any atom is -0.545 e. The van der Waals surface area contributed by atoms with Crippen molar-refractivity contribution in [2.24, 2.45) is 0 Å². The first-order valence-electron chi connectivity index (χ1n) is 30.7. The van der Waals surface area contributed by atoms with Crippen LogP contribution >= 0.6 is 0 Å². The topological polar surface area (TPSA) is 111 Å². The smallest absolute Gasteiger partial charge is 0.306 e. The van der Waals surface area contributed by atoms with Crippen LogP contribution < -0.4 is 5.11 Å². The van der Waals surface area contributed by atoms with Crippen LogP contribution in [0.1, 0.15) is 258 Å². The second-order valence-corrected chi connectivity index (χ2v) is 21.6. The number of aliphatic carboxylic acids is 1. The molecule has 0 aromatic heterocycles. The predicted molar refractivity (Wildman–Crippen MR) is 315 cm³/mol. The molecule has 0 aliphatic heterocycles. The Hall–Kier alpha value is -3.53. The van der Waals surface area contributed by atoms with Crippen molar-refractivity contribution in [2.45, 2.75) is 270 Å². The second kappa shape index (κ2) is 56.7. The van der Waals surface area contributed by atoms with E-state index in [0.717, 1.165) is 96.3 Å². The molecule has 0 spiro atoms. The van der Waals surface area contributed by atoms with Crippen molar-refractivity contribution in [1.29, 1.82) is 0 Å². The van der Waals surface area contributed by atoms with E-state index in [0.29, 0.717) is 17.4 Å². The lowest BCUT2D eigenvalue weighted by Gasteiger charge is -2.26. The maximum Gasteiger partial charge on any atom is 0.306 e. The number of likely N-dealkylation sites (N-methyl/N-ethyl adjacent to an activating group) is 1. The Bertz CT molecular complexity index is 1500. The monoisotopic (exact) mass is 1050 g/mol. The van der Waals surface area contributed by atoms with Crippen molar-refractivity contribution >= 4 is 17.9 Å². The van der Waals surface area contributed by atoms with Gasteiger partial charge in [0.2, 0.25) is 0 Å². The van der Waals surface area contributed by atoms with Crippen LogP contribution in [-0.2, 0) is 33.3 Å². The number of carbonyl (C=O) groups is 3. The minimum absolute atomic E-state index is 0.144. The van der Waals surface area contributed by atoms with Crippen molar-refractivity contribution in [3.63, 3.8) is 0 Å². The Morgan fingerprint density at radius 1 is 0.413 bits per heavy atom. The molecule has 9 nitrogen and oxygen atoms in total. The van der Waals surface area contributed by atoms with Crippen LogP contribution in [0.3, 0.4) is 0 Å². The van der Waals surface area contributed by atoms with Gasteiger partial charge >= 0.3 is 11.9 Å². The molecule has 0 bridgehead atoms. The largest absolute Gasteiger partial charge is 0.545 e. The Balaban J connectivity index is 4.01. The highest BCUT2D eigenvalue weighted by molar-refractivity contribution is 5.70. The van der Waals surface area contributed by atoms with Gasteiger partial charge in [0.05, 0.1) is 40.3 Å². The number of carboxylic acids is 1. The van der Waals surface area contributed by atoms with E-state index in [4.69, 9.17) is 18.9 Å². The third-order valence-electron chi connectivity index (χ3n) is 13.1. The van der Waals surface area contributed by atoms with Crippen molar-refractivity contribution in [3.8, 4) is 0 Å². The molecule has 9 heteroatoms. The van der Waals surface area contributed by atoms with Crippen molar-refractivity contribution in [2.75, 3.05) is 47.5 Å². The second-order valence-electron chi connectivity index (χ2n) is 21.6. The lowest BCUT2D eigenvalue weighted by atomic mass is 10.0. The van der Waals surface area contributed by atoms with E-state index in [2.05, 4.69) is 98.9 Å². The highest BCUT2D eigenvalue weighted by Gasteiger charge is 2.22. The first kappa shape index (κ1) is 71.5. The summed E-state index contributed by atoms with van der Waals surface area (Å²) in [7, 11) is 5.92. The van der Waals surface area contributed by atoms with E-state index in [1.54, 1.807) is 0 Å². The van der Waals surface area contributed by atoms with Crippen LogP contribution in [0.25, 0.3) is 0 Å². The van der Waals surface area contributed by atoms with Gasteiger partial charge in [-0.1, -0.05) is 247 Å². The summed E-state index contributed by atoms with van der Waals surface area (Å²) in [5.41, 5.74) is 0. The summed E-state index contributed by atoms with van der Waals surface area (Å²) in [6, 6.07) is 0. The van der Waals surface area contributed by atoms with Crippen LogP contribution in [0.5, 0.6) is 0 Å². The average Bonchev–Trinajstić information content (AvgIpc) is 3.38. The molecule has 0 saturated carbocycles. The molecule has 0 aliphatic rings. The molecule has 0 radical (unpaired) electrons. The fourth-order valence-corrected chi connectivity index (χ4v) is 8.43. The summed E-state index contributed by atoms with van der Waals surface area (Å²) >= 11 is 0. The van der Waals surface area contributed by atoms with Crippen molar-refractivity contribution in [1.82, 2.24) is 0 Å². The lowest BCUT2D eigenvalue weighted by molar-refractivity contribution is -0.870. The Kier molecular flexibility index (Phi) is 54.0. The molecular formula is C66H115NO8. The highest BCUT2D eigenvalue weighted by atomic mass is 16.7. The van der Waals surface area contributed by atoms with Gasteiger partial charge in [-0.3, -0.25) is 9.59 Å². The summed E-state index contributed by atoms with van der Waals surface area (Å²) in [6.45, 7) is 4.56. The van der Waals surface area contributed by atoms with E-state index >= 15 is 0 Å². The van der Waals surface area contributed by atoms with E-state index in [-0.39, 0.29) is 38.6 Å². The number of hydrogen-bond donors (Lipinski definition) is 0. The number of allylic oxidation sites excluding steroid dienone is 14. The van der Waals surface area contributed by atoms with Gasteiger partial charge in [0.1, 0.15) is 13.2 Å². The van der Waals surface area contributed by atoms with Gasteiger partial charge in [-0.05, 0) is 83.5 Å². The molecule has 0 aromatic carbocycles. The summed E-state index contributed by atoms with van der Waals surface area (Å²) in [5, 5.41) is 11.8. The fourth-order valence-electron chi connectivity index (χ4n) is 8.43. The van der Waals surface area contributed by atoms with Crippen LogP contribution in [0, 0.1) is 0 Å². The summed E-state index contributed by atoms with van der Waals surface area (Å²) < 4.78 is 22.7. The van der Waals surface area contributed by atoms with E-state index in [1.165, 1.54) is 128 Å². The van der Waals surface area contributed by atoms with Gasteiger partial charge in [0.25, 0.3) is 0 Å². The van der Waals surface area contributed by atoms with Gasteiger partial charge in [-0.2, -0.15) is 0 Å². The third kappa shape index (κ3) is 58.0. The molecule has 0 rings (SSSR count). The molecule has 0 aromatic rings. The molecule has 0 amide bonds. The molecule has 0 saturated heterocycles. The van der Waals surface area contributed by atoms with Crippen molar-refractivity contribution < 1.29 is 42.9 Å². The normalized spacial score (nSPS) is 13.3. The van der Waals surface area contributed by atoms with Gasteiger partial charge in [-0.25, -0.2) is 0 Å². The quantitative estimate of drug-likeness (QED) is 0.0195. The number of unbranched alkanes of at least 4 members (excludes halogenated alkanes) is 27. The van der Waals surface area contributed by atoms with Gasteiger partial charge in [0, 0.05) is 12.8 Å². The molecule has 2 unspecified atom stereocenters. The molecular weight excluding hydrogens is 935 g/mol. The fraction of sp³-hybridized carbons (Fsp3) is 0.742. The Morgan fingerprint density at radius 2 is 0.760 bits per heavy atom. The Labute approximate surface area is 461 Å². The molecule has 0 N–H and O–H groups in total. The van der Waals surface area contributed by atoms with Crippen molar-refractivity contribution in [3.05, 3.63) is 85.1 Å². The van der Waals surface area contributed by atoms with Gasteiger partial charge in [-0.15, -0.1) is 0 Å². The number of rotatable bonds is 56. The number of nitrogens with zero attached hydrogens (tertiary/aromatic N) is 1. The lowest BCUT2D eigenvalue weighted by Crippen LogP contribution is -2.44. The summed E-state index contributed by atoms with van der Waals surface area (Å²) in [5.74, 6) is -2.30. The van der Waals surface area contributed by atoms with Crippen LogP contribution in [-0.4, -0.2) is 82.3 Å². The van der Waals surface area contributed by atoms with Crippen LogP contribution in [0.4, 0.5) is 0 Å². The van der Waals surface area contributed by atoms with E-state index in [1.807, 2.05) is 21.1 Å². The standard InChI is InChI=1S/C66H115NO8/c1-6-8-10-12-14-16-18-20-21-22-23-24-25-26-27-28-29-30-31-32-33-34-35-36-37-38-39-40-41-42-43-45-47-49-51-53-55-57-64(69)75-62(61-74-66(65(70)71)72-59-58-67(3,4)5)60-73-63(68)56-54-52-50-48-46-44-19-17-15-13-11-9-7-2/h8,10-11,13-14,16-17,19-21,23-24,26-27,62,66H,6-7,9,12,15,18,22,25,28-61H2,1-5H3/b10-8-,13-11-,16-14-,19-17-,21-20-,24-23-,27-26-. The highest BCUT2D eigenvalue weighted by Crippen LogP contribution is 2.17. The number of carbonyl (C=O) groups excluding carboxylic acids is 3. The number of esters is 2. The minimum atomic E-state index is -1.63. The first-order valence-corrected chi connectivity index (χ1v) is 30.7. The predicted octanol–water partition coefficient (Wildman–Crippen LogP) is 17.0. The SMILES string of the molecule is CC/C=C\C/C=C\C/C=C\C/C=C\C/C=C\CCCCCCCCCCCCCCCCCCCCCCCC(=O)OC(COC(=O)CCCCCCC/C=C\C/C=C\CCC)COC(OCC[N+](C)(C)C)C(=O)[O-]. The van der Waals surface area contributed by atoms with Crippen LogP contribution in [0.15, 0.2) is 85.1 Å². The molecule has 0 fully saturated rings.